The normalized spacial score (nSPS) is 14.6. The molecule has 0 N–H and O–H groups in total. The van der Waals surface area contributed by atoms with E-state index in [1.54, 1.807) is 24.1 Å². The second-order valence-corrected chi connectivity index (χ2v) is 11.7. The van der Waals surface area contributed by atoms with Gasteiger partial charge in [-0.3, -0.25) is 9.69 Å². The average molecular weight is 523 g/mol. The van der Waals surface area contributed by atoms with E-state index < -0.39 is 10.0 Å². The first-order valence-electron chi connectivity index (χ1n) is 11.2. The molecular weight excluding hydrogens is 492 g/mol. The van der Waals surface area contributed by atoms with Crippen LogP contribution in [0.2, 0.25) is 0 Å². The quantitative estimate of drug-likeness (QED) is 0.436. The van der Waals surface area contributed by atoms with Gasteiger partial charge in [0.25, 0.3) is 5.91 Å². The minimum atomic E-state index is -3.58. The predicted molar refractivity (Wildman–Crippen MR) is 141 cm³/mol. The molecule has 1 aromatic heterocycles. The van der Waals surface area contributed by atoms with E-state index in [9.17, 15) is 13.2 Å². The lowest BCUT2D eigenvalue weighted by Gasteiger charge is -2.24. The second-order valence-electron chi connectivity index (χ2n) is 8.71. The molecule has 1 fully saturated rings. The Kier molecular flexibility index (Phi) is 8.70. The maximum Gasteiger partial charge on any atom is 0.260 e. The molecule has 1 heterocycles. The van der Waals surface area contributed by atoms with Crippen LogP contribution in [0.1, 0.15) is 36.0 Å². The molecule has 2 aromatic carbocycles. The van der Waals surface area contributed by atoms with Crippen molar-refractivity contribution in [2.45, 2.75) is 36.6 Å². The van der Waals surface area contributed by atoms with E-state index in [-0.39, 0.29) is 29.3 Å². The van der Waals surface area contributed by atoms with Crippen LogP contribution < -0.4 is 4.90 Å². The standard InChI is InChI=1S/C24H30N4O3S2.ClH/c1-26(2)16-17-28(24-25-21-10-6-7-11-22(21)32-24)23(29)18-12-14-20(15-13-18)33(30,31)27(3)19-8-4-5-9-19;/h6-7,10-15,19H,4-5,8-9,16-17H2,1-3H3;1H. The Bertz CT molecular complexity index is 1190. The topological polar surface area (TPSA) is 73.8 Å². The van der Waals surface area contributed by atoms with Gasteiger partial charge < -0.3 is 4.90 Å². The second kappa shape index (κ2) is 11.1. The van der Waals surface area contributed by atoms with E-state index in [2.05, 4.69) is 4.98 Å². The van der Waals surface area contributed by atoms with Gasteiger partial charge in [0.2, 0.25) is 10.0 Å². The Morgan fingerprint density at radius 3 is 2.26 bits per heavy atom. The number of amides is 1. The number of aromatic nitrogens is 1. The Morgan fingerprint density at radius 2 is 1.65 bits per heavy atom. The van der Waals surface area contributed by atoms with Gasteiger partial charge in [0.15, 0.2) is 5.13 Å². The van der Waals surface area contributed by atoms with E-state index in [1.165, 1.54) is 27.8 Å². The molecule has 1 aliphatic carbocycles. The molecular formula is C24H31ClN4O3S2. The Morgan fingerprint density at radius 1 is 1.00 bits per heavy atom. The van der Waals surface area contributed by atoms with E-state index in [0.29, 0.717) is 23.8 Å². The number of fused-ring (bicyclic) bond motifs is 1. The van der Waals surface area contributed by atoms with E-state index in [4.69, 9.17) is 0 Å². The first-order valence-corrected chi connectivity index (χ1v) is 13.4. The van der Waals surface area contributed by atoms with Crippen LogP contribution in [0.3, 0.4) is 0 Å². The molecule has 7 nitrogen and oxygen atoms in total. The SMILES string of the molecule is CN(C)CCN(C(=O)c1ccc(S(=O)(=O)N(C)C2CCCC2)cc1)c1nc2ccccc2s1.Cl. The number of nitrogens with zero attached hydrogens (tertiary/aromatic N) is 4. The fourth-order valence-electron chi connectivity index (χ4n) is 4.12. The summed E-state index contributed by atoms with van der Waals surface area (Å²) in [6.45, 7) is 1.16. The zero-order valence-corrected chi connectivity index (χ0v) is 22.1. The molecule has 0 saturated heterocycles. The van der Waals surface area contributed by atoms with Gasteiger partial charge in [-0.1, -0.05) is 36.3 Å². The molecule has 10 heteroatoms. The molecule has 3 aromatic rings. The summed E-state index contributed by atoms with van der Waals surface area (Å²) < 4.78 is 28.6. The molecule has 184 valence electrons. The molecule has 4 rings (SSSR count). The first-order chi connectivity index (χ1) is 15.8. The summed E-state index contributed by atoms with van der Waals surface area (Å²) in [5.74, 6) is -0.191. The van der Waals surface area contributed by atoms with Crippen LogP contribution in [0.4, 0.5) is 5.13 Å². The number of carbonyl (C=O) groups is 1. The number of thiazole rings is 1. The van der Waals surface area contributed by atoms with Crippen molar-refractivity contribution in [3.63, 3.8) is 0 Å². The minimum Gasteiger partial charge on any atom is -0.308 e. The van der Waals surface area contributed by atoms with Crippen molar-refractivity contribution in [3.05, 3.63) is 54.1 Å². The molecule has 1 saturated carbocycles. The first kappa shape index (κ1) is 26.6. The number of hydrogen-bond acceptors (Lipinski definition) is 6. The average Bonchev–Trinajstić information content (AvgIpc) is 3.48. The summed E-state index contributed by atoms with van der Waals surface area (Å²) in [5.41, 5.74) is 1.30. The van der Waals surface area contributed by atoms with Gasteiger partial charge in [-0.15, -0.1) is 12.4 Å². The fourth-order valence-corrected chi connectivity index (χ4v) is 6.52. The highest BCUT2D eigenvalue weighted by atomic mass is 35.5. The number of likely N-dealkylation sites (N-methyl/N-ethyl adjacent to an activating group) is 1. The highest BCUT2D eigenvalue weighted by Crippen LogP contribution is 2.30. The maximum atomic E-state index is 13.5. The van der Waals surface area contributed by atoms with E-state index >= 15 is 0 Å². The van der Waals surface area contributed by atoms with Gasteiger partial charge in [0.05, 0.1) is 15.1 Å². The lowest BCUT2D eigenvalue weighted by Crippen LogP contribution is -2.37. The number of benzene rings is 2. The predicted octanol–water partition coefficient (Wildman–Crippen LogP) is 4.49. The van der Waals surface area contributed by atoms with Crippen LogP contribution in [-0.4, -0.2) is 68.8 Å². The van der Waals surface area contributed by atoms with Crippen molar-refractivity contribution in [2.75, 3.05) is 39.1 Å². The molecule has 1 amide bonds. The fraction of sp³-hybridized carbons (Fsp3) is 0.417. The van der Waals surface area contributed by atoms with Gasteiger partial charge in [-0.2, -0.15) is 4.31 Å². The van der Waals surface area contributed by atoms with Crippen molar-refractivity contribution in [3.8, 4) is 0 Å². The lowest BCUT2D eigenvalue weighted by molar-refractivity contribution is 0.0985. The summed E-state index contributed by atoms with van der Waals surface area (Å²) >= 11 is 1.48. The largest absolute Gasteiger partial charge is 0.308 e. The Balaban J connectivity index is 0.00000324. The van der Waals surface area contributed by atoms with Crippen LogP contribution in [0.5, 0.6) is 0 Å². The van der Waals surface area contributed by atoms with Crippen molar-refractivity contribution in [2.24, 2.45) is 0 Å². The number of sulfonamides is 1. The molecule has 0 spiro atoms. The molecule has 0 aliphatic heterocycles. The van der Waals surface area contributed by atoms with E-state index in [0.717, 1.165) is 35.9 Å². The molecule has 0 radical (unpaired) electrons. The van der Waals surface area contributed by atoms with Gasteiger partial charge in [0.1, 0.15) is 0 Å². The highest BCUT2D eigenvalue weighted by Gasteiger charge is 2.30. The summed E-state index contributed by atoms with van der Waals surface area (Å²) in [7, 11) is 1.99. The van der Waals surface area contributed by atoms with Crippen LogP contribution in [0.25, 0.3) is 10.2 Å². The summed E-state index contributed by atoms with van der Waals surface area (Å²) in [5, 5.41) is 0.640. The van der Waals surface area contributed by atoms with Gasteiger partial charge in [-0.05, 0) is 63.3 Å². The maximum absolute atomic E-state index is 13.5. The Labute approximate surface area is 211 Å². The Hall–Kier alpha value is -2.04. The third kappa shape index (κ3) is 5.60. The van der Waals surface area contributed by atoms with Crippen molar-refractivity contribution in [1.82, 2.24) is 14.2 Å². The van der Waals surface area contributed by atoms with Crippen LogP contribution in [0, 0.1) is 0 Å². The van der Waals surface area contributed by atoms with Gasteiger partial charge in [0, 0.05) is 31.7 Å². The number of rotatable bonds is 8. The minimum absolute atomic E-state index is 0. The summed E-state index contributed by atoms with van der Waals surface area (Å²) in [6.07, 6.45) is 3.92. The monoisotopic (exact) mass is 522 g/mol. The molecule has 0 unspecified atom stereocenters. The summed E-state index contributed by atoms with van der Waals surface area (Å²) in [4.78, 5) is 22.0. The van der Waals surface area contributed by atoms with Crippen molar-refractivity contribution < 1.29 is 13.2 Å². The lowest BCUT2D eigenvalue weighted by atomic mass is 10.2. The number of carbonyl (C=O) groups excluding carboxylic acids is 1. The summed E-state index contributed by atoms with van der Waals surface area (Å²) in [6, 6.07) is 14.2. The highest BCUT2D eigenvalue weighted by molar-refractivity contribution is 7.89. The van der Waals surface area contributed by atoms with E-state index in [1.807, 2.05) is 43.3 Å². The molecule has 0 bridgehead atoms. The smallest absolute Gasteiger partial charge is 0.260 e. The number of hydrogen-bond donors (Lipinski definition) is 0. The van der Waals surface area contributed by atoms with Gasteiger partial charge in [-0.25, -0.2) is 13.4 Å². The van der Waals surface area contributed by atoms with Crippen molar-refractivity contribution in [1.29, 1.82) is 0 Å². The zero-order valence-electron chi connectivity index (χ0n) is 19.7. The number of para-hydroxylation sites is 1. The van der Waals surface area contributed by atoms with Crippen LogP contribution in [-0.2, 0) is 10.0 Å². The van der Waals surface area contributed by atoms with Crippen molar-refractivity contribution >= 4 is 55.0 Å². The van der Waals surface area contributed by atoms with Crippen LogP contribution >= 0.6 is 23.7 Å². The molecule has 34 heavy (non-hydrogen) atoms. The third-order valence-corrected chi connectivity index (χ3v) is 9.13. The third-order valence-electron chi connectivity index (χ3n) is 6.15. The molecule has 0 atom stereocenters. The van der Waals surface area contributed by atoms with Gasteiger partial charge >= 0.3 is 0 Å². The zero-order chi connectivity index (χ0) is 23.6. The number of halogens is 1. The molecule has 1 aliphatic rings. The number of anilines is 1. The van der Waals surface area contributed by atoms with Crippen LogP contribution in [0.15, 0.2) is 53.4 Å².